The Labute approximate surface area is 116 Å². The molecule has 0 aliphatic carbocycles. The zero-order valence-electron chi connectivity index (χ0n) is 9.25. The molecule has 0 bridgehead atoms. The van der Waals surface area contributed by atoms with Crippen LogP contribution in [-0.2, 0) is 14.9 Å². The molecule has 1 rings (SSSR count). The Morgan fingerprint density at radius 1 is 1.35 bits per heavy atom. The Balaban J connectivity index is 3.26. The molecular formula is C11H10Br2O4. The maximum absolute atomic E-state index is 11.5. The Morgan fingerprint density at radius 2 is 2.00 bits per heavy atom. The molecule has 0 amide bonds. The summed E-state index contributed by atoms with van der Waals surface area (Å²) in [7, 11) is 1.30. The van der Waals surface area contributed by atoms with E-state index in [2.05, 4.69) is 36.6 Å². The summed E-state index contributed by atoms with van der Waals surface area (Å²) in [5, 5.41) is 0.496. The first-order chi connectivity index (χ1) is 7.99. The fourth-order valence-corrected chi connectivity index (χ4v) is 2.17. The SMILES string of the molecule is COC(=O)c1cc(OC(C)=O)c(Br)cc1CBr. The normalized spacial score (nSPS) is 9.88. The highest BCUT2D eigenvalue weighted by Crippen LogP contribution is 2.30. The molecule has 17 heavy (non-hydrogen) atoms. The minimum absolute atomic E-state index is 0.294. The summed E-state index contributed by atoms with van der Waals surface area (Å²) in [6, 6.07) is 3.19. The fraction of sp³-hybridized carbons (Fsp3) is 0.273. The summed E-state index contributed by atoms with van der Waals surface area (Å²) in [6.45, 7) is 1.29. The number of halogens is 2. The molecule has 0 saturated carbocycles. The molecule has 0 spiro atoms. The van der Waals surface area contributed by atoms with E-state index in [-0.39, 0.29) is 0 Å². The van der Waals surface area contributed by atoms with E-state index in [0.717, 1.165) is 5.56 Å². The van der Waals surface area contributed by atoms with E-state index in [1.807, 2.05) is 0 Å². The molecule has 0 N–H and O–H groups in total. The largest absolute Gasteiger partial charge is 0.465 e. The predicted octanol–water partition coefficient (Wildman–Crippen LogP) is 3.06. The number of benzene rings is 1. The van der Waals surface area contributed by atoms with Crippen LogP contribution in [0.25, 0.3) is 0 Å². The maximum atomic E-state index is 11.5. The minimum atomic E-state index is -0.472. The number of carbonyl (C=O) groups excluding carboxylic acids is 2. The van der Waals surface area contributed by atoms with Crippen molar-refractivity contribution in [2.75, 3.05) is 7.11 Å². The average molecular weight is 366 g/mol. The standard InChI is InChI=1S/C11H10Br2O4/c1-6(14)17-10-4-8(11(15)16-2)7(5-12)3-9(10)13/h3-4H,5H2,1-2H3. The van der Waals surface area contributed by atoms with Crippen LogP contribution in [0.2, 0.25) is 0 Å². The molecule has 0 aliphatic rings. The van der Waals surface area contributed by atoms with E-state index in [9.17, 15) is 9.59 Å². The van der Waals surface area contributed by atoms with Gasteiger partial charge in [-0.15, -0.1) is 0 Å². The molecule has 1 aromatic carbocycles. The quantitative estimate of drug-likeness (QED) is 0.469. The molecular weight excluding hydrogens is 356 g/mol. The van der Waals surface area contributed by atoms with Gasteiger partial charge in [-0.25, -0.2) is 4.79 Å². The molecule has 0 fully saturated rings. The van der Waals surface area contributed by atoms with Crippen molar-refractivity contribution in [3.63, 3.8) is 0 Å². The summed E-state index contributed by atoms with van der Waals surface area (Å²) in [5.74, 6) is -0.629. The van der Waals surface area contributed by atoms with Gasteiger partial charge < -0.3 is 9.47 Å². The highest BCUT2D eigenvalue weighted by atomic mass is 79.9. The third-order valence-electron chi connectivity index (χ3n) is 1.96. The molecule has 0 atom stereocenters. The number of hydrogen-bond acceptors (Lipinski definition) is 4. The van der Waals surface area contributed by atoms with Gasteiger partial charge in [-0.05, 0) is 33.6 Å². The first-order valence-corrected chi connectivity index (χ1v) is 6.56. The number of esters is 2. The number of methoxy groups -OCH3 is 1. The van der Waals surface area contributed by atoms with Gasteiger partial charge in [0.2, 0.25) is 0 Å². The number of hydrogen-bond donors (Lipinski definition) is 0. The Kier molecular flexibility index (Phi) is 5.14. The Morgan fingerprint density at radius 3 is 2.47 bits per heavy atom. The summed E-state index contributed by atoms with van der Waals surface area (Å²) < 4.78 is 10.2. The molecule has 0 heterocycles. The first kappa shape index (κ1) is 14.2. The van der Waals surface area contributed by atoms with Crippen molar-refractivity contribution in [1.82, 2.24) is 0 Å². The van der Waals surface area contributed by atoms with Crippen LogP contribution >= 0.6 is 31.9 Å². The molecule has 1 aromatic rings. The summed E-state index contributed by atoms with van der Waals surface area (Å²) >= 11 is 6.55. The van der Waals surface area contributed by atoms with E-state index in [4.69, 9.17) is 4.74 Å². The summed E-state index contributed by atoms with van der Waals surface area (Å²) in [6.07, 6.45) is 0. The topological polar surface area (TPSA) is 52.6 Å². The van der Waals surface area contributed by atoms with Crippen LogP contribution in [-0.4, -0.2) is 19.0 Å². The third-order valence-corrected chi connectivity index (χ3v) is 3.18. The maximum Gasteiger partial charge on any atom is 0.338 e. The van der Waals surface area contributed by atoms with Gasteiger partial charge in [0.15, 0.2) is 0 Å². The molecule has 0 aliphatic heterocycles. The molecule has 0 unspecified atom stereocenters. The summed E-state index contributed by atoms with van der Waals surface area (Å²) in [5.41, 5.74) is 1.11. The second-order valence-electron chi connectivity index (χ2n) is 3.16. The van der Waals surface area contributed by atoms with Crippen LogP contribution in [0.3, 0.4) is 0 Å². The van der Waals surface area contributed by atoms with Gasteiger partial charge >= 0.3 is 11.9 Å². The molecule has 0 saturated heterocycles. The number of alkyl halides is 1. The van der Waals surface area contributed by atoms with Gasteiger partial charge in [0.1, 0.15) is 5.75 Å². The van der Waals surface area contributed by atoms with Gasteiger partial charge in [-0.3, -0.25) is 4.79 Å². The van der Waals surface area contributed by atoms with Crippen LogP contribution in [0.4, 0.5) is 0 Å². The fourth-order valence-electron chi connectivity index (χ4n) is 1.24. The van der Waals surface area contributed by atoms with E-state index >= 15 is 0 Å². The van der Waals surface area contributed by atoms with E-state index in [1.54, 1.807) is 6.07 Å². The number of rotatable bonds is 3. The summed E-state index contributed by atoms with van der Waals surface area (Å²) in [4.78, 5) is 22.4. The van der Waals surface area contributed by atoms with Gasteiger partial charge in [0.25, 0.3) is 0 Å². The van der Waals surface area contributed by atoms with Crippen molar-refractivity contribution in [2.45, 2.75) is 12.3 Å². The lowest BCUT2D eigenvalue weighted by molar-refractivity contribution is -0.131. The van der Waals surface area contributed by atoms with Crippen LogP contribution in [0.15, 0.2) is 16.6 Å². The highest BCUT2D eigenvalue weighted by Gasteiger charge is 2.16. The third kappa shape index (κ3) is 3.54. The van der Waals surface area contributed by atoms with E-state index < -0.39 is 11.9 Å². The zero-order valence-corrected chi connectivity index (χ0v) is 12.4. The lowest BCUT2D eigenvalue weighted by Gasteiger charge is -2.10. The average Bonchev–Trinajstić information content (AvgIpc) is 2.29. The monoisotopic (exact) mass is 364 g/mol. The van der Waals surface area contributed by atoms with Crippen molar-refractivity contribution >= 4 is 43.8 Å². The first-order valence-electron chi connectivity index (χ1n) is 4.64. The smallest absolute Gasteiger partial charge is 0.338 e. The van der Waals surface area contributed by atoms with E-state index in [0.29, 0.717) is 21.1 Å². The zero-order chi connectivity index (χ0) is 13.0. The van der Waals surface area contributed by atoms with Gasteiger partial charge in [0.05, 0.1) is 17.1 Å². The Bertz CT molecular complexity index is 457. The van der Waals surface area contributed by atoms with Crippen molar-refractivity contribution in [3.05, 3.63) is 27.7 Å². The molecule has 92 valence electrons. The minimum Gasteiger partial charge on any atom is -0.465 e. The lowest BCUT2D eigenvalue weighted by Crippen LogP contribution is -2.08. The molecule has 0 radical (unpaired) electrons. The predicted molar refractivity (Wildman–Crippen MR) is 69.4 cm³/mol. The molecule has 0 aromatic heterocycles. The van der Waals surface area contributed by atoms with Gasteiger partial charge in [0, 0.05) is 12.3 Å². The van der Waals surface area contributed by atoms with Crippen molar-refractivity contribution in [1.29, 1.82) is 0 Å². The van der Waals surface area contributed by atoms with Gasteiger partial charge in [-0.1, -0.05) is 15.9 Å². The Hall–Kier alpha value is -0.880. The van der Waals surface area contributed by atoms with Crippen LogP contribution < -0.4 is 4.74 Å². The van der Waals surface area contributed by atoms with Crippen LogP contribution in [0, 0.1) is 0 Å². The lowest BCUT2D eigenvalue weighted by atomic mass is 10.1. The van der Waals surface area contributed by atoms with Crippen LogP contribution in [0.1, 0.15) is 22.8 Å². The van der Waals surface area contributed by atoms with Gasteiger partial charge in [-0.2, -0.15) is 0 Å². The highest BCUT2D eigenvalue weighted by molar-refractivity contribution is 9.10. The second kappa shape index (κ2) is 6.16. The molecule has 4 nitrogen and oxygen atoms in total. The second-order valence-corrected chi connectivity index (χ2v) is 4.57. The number of ether oxygens (including phenoxy) is 2. The number of carbonyl (C=O) groups is 2. The van der Waals surface area contributed by atoms with Crippen molar-refractivity contribution < 1.29 is 19.1 Å². The van der Waals surface area contributed by atoms with Crippen molar-refractivity contribution in [2.24, 2.45) is 0 Å². The van der Waals surface area contributed by atoms with Crippen molar-refractivity contribution in [3.8, 4) is 5.75 Å². The van der Waals surface area contributed by atoms with Crippen LogP contribution in [0.5, 0.6) is 5.75 Å². The van der Waals surface area contributed by atoms with E-state index in [1.165, 1.54) is 20.1 Å². The molecule has 6 heteroatoms.